The number of hydrogen-bond acceptors (Lipinski definition) is 2. The maximum Gasteiger partial charge on any atom is 0.0590 e. The summed E-state index contributed by atoms with van der Waals surface area (Å²) in [5.41, 5.74) is 0. The van der Waals surface area contributed by atoms with Gasteiger partial charge in [-0.1, -0.05) is 19.3 Å². The molecule has 0 amide bonds. The Morgan fingerprint density at radius 3 is 2.50 bits per heavy atom. The topological polar surface area (TPSA) is 40.5 Å². The van der Waals surface area contributed by atoms with Gasteiger partial charge in [0, 0.05) is 12.5 Å². The van der Waals surface area contributed by atoms with Crippen LogP contribution in [0.4, 0.5) is 0 Å². The minimum atomic E-state index is -0.243. The fourth-order valence-corrected chi connectivity index (χ4v) is 1.58. The number of hydrogen-bond donors (Lipinski definition) is 2. The van der Waals surface area contributed by atoms with Crippen LogP contribution in [0.15, 0.2) is 0 Å². The van der Waals surface area contributed by atoms with E-state index in [-0.39, 0.29) is 18.6 Å². The molecule has 10 heavy (non-hydrogen) atoms. The molecule has 2 N–H and O–H groups in total. The van der Waals surface area contributed by atoms with Gasteiger partial charge in [0.1, 0.15) is 0 Å². The Morgan fingerprint density at radius 2 is 1.80 bits per heavy atom. The van der Waals surface area contributed by atoms with Crippen LogP contribution >= 0.6 is 0 Å². The summed E-state index contributed by atoms with van der Waals surface area (Å²) in [5, 5.41) is 18.2. The zero-order valence-electron chi connectivity index (χ0n) is 6.29. The van der Waals surface area contributed by atoms with Gasteiger partial charge >= 0.3 is 0 Å². The Balaban J connectivity index is 2.35. The van der Waals surface area contributed by atoms with Gasteiger partial charge < -0.3 is 10.2 Å². The molecule has 0 heterocycles. The molecule has 2 nitrogen and oxygen atoms in total. The van der Waals surface area contributed by atoms with E-state index in [0.717, 1.165) is 19.3 Å². The molecule has 2 atom stereocenters. The van der Waals surface area contributed by atoms with E-state index < -0.39 is 0 Å². The summed E-state index contributed by atoms with van der Waals surface area (Å²) in [6, 6.07) is 0. The van der Waals surface area contributed by atoms with Gasteiger partial charge in [0.2, 0.25) is 0 Å². The number of rotatable bonds is 1. The predicted molar refractivity (Wildman–Crippen MR) is 39.7 cm³/mol. The predicted octanol–water partition coefficient (Wildman–Crippen LogP) is 0.920. The Bertz CT molecular complexity index is 93.3. The van der Waals surface area contributed by atoms with Crippen LogP contribution in [0.3, 0.4) is 0 Å². The van der Waals surface area contributed by atoms with Crippen molar-refractivity contribution in [3.05, 3.63) is 0 Å². The molecule has 0 spiro atoms. The summed E-state index contributed by atoms with van der Waals surface area (Å²) >= 11 is 0. The van der Waals surface area contributed by atoms with Gasteiger partial charge in [0.05, 0.1) is 6.10 Å². The highest BCUT2D eigenvalue weighted by Crippen LogP contribution is 2.22. The quantitative estimate of drug-likeness (QED) is 0.537. The minimum absolute atomic E-state index is 0.154. The molecule has 0 aliphatic heterocycles. The van der Waals surface area contributed by atoms with Crippen molar-refractivity contribution in [2.45, 2.75) is 38.2 Å². The van der Waals surface area contributed by atoms with E-state index in [1.54, 1.807) is 0 Å². The first-order chi connectivity index (χ1) is 4.84. The lowest BCUT2D eigenvalue weighted by atomic mass is 9.99. The molecular formula is C8H16O2. The van der Waals surface area contributed by atoms with Crippen LogP contribution in [0, 0.1) is 5.92 Å². The SMILES string of the molecule is OC[C@@H]1CCCCC[C@@H]1O. The maximum absolute atomic E-state index is 9.39. The second kappa shape index (κ2) is 3.94. The maximum atomic E-state index is 9.39. The van der Waals surface area contributed by atoms with Crippen molar-refractivity contribution in [3.63, 3.8) is 0 Å². The van der Waals surface area contributed by atoms with Crippen LogP contribution in [-0.4, -0.2) is 22.9 Å². The van der Waals surface area contributed by atoms with E-state index in [2.05, 4.69) is 0 Å². The standard InChI is InChI=1S/C8H16O2/c9-6-7-4-2-1-3-5-8(7)10/h7-10H,1-6H2/t7-,8-/m0/s1. The van der Waals surface area contributed by atoms with E-state index >= 15 is 0 Å². The second-order valence-corrected chi connectivity index (χ2v) is 3.15. The molecule has 1 fully saturated rings. The number of aliphatic hydroxyl groups is 2. The highest BCUT2D eigenvalue weighted by Gasteiger charge is 2.19. The summed E-state index contributed by atoms with van der Waals surface area (Å²) < 4.78 is 0. The van der Waals surface area contributed by atoms with E-state index in [4.69, 9.17) is 5.11 Å². The van der Waals surface area contributed by atoms with E-state index in [1.165, 1.54) is 12.8 Å². The third-order valence-corrected chi connectivity index (χ3v) is 2.35. The third-order valence-electron chi connectivity index (χ3n) is 2.35. The van der Waals surface area contributed by atoms with Gasteiger partial charge in [-0.3, -0.25) is 0 Å². The molecule has 0 unspecified atom stereocenters. The average Bonchev–Trinajstić information content (AvgIpc) is 2.13. The van der Waals surface area contributed by atoms with Crippen LogP contribution in [0.5, 0.6) is 0 Å². The first-order valence-corrected chi connectivity index (χ1v) is 4.13. The Hall–Kier alpha value is -0.0800. The van der Waals surface area contributed by atoms with Crippen molar-refractivity contribution in [2.24, 2.45) is 5.92 Å². The summed E-state index contributed by atoms with van der Waals surface area (Å²) in [6.45, 7) is 0.154. The molecule has 60 valence electrons. The van der Waals surface area contributed by atoms with E-state index in [9.17, 15) is 5.11 Å². The molecule has 1 aliphatic rings. The lowest BCUT2D eigenvalue weighted by Crippen LogP contribution is -2.21. The van der Waals surface area contributed by atoms with Crippen LogP contribution in [0.25, 0.3) is 0 Å². The monoisotopic (exact) mass is 144 g/mol. The van der Waals surface area contributed by atoms with E-state index in [1.807, 2.05) is 0 Å². The van der Waals surface area contributed by atoms with Gasteiger partial charge in [-0.05, 0) is 12.8 Å². The molecular weight excluding hydrogens is 128 g/mol. The molecule has 1 rings (SSSR count). The Kier molecular flexibility index (Phi) is 3.16. The van der Waals surface area contributed by atoms with Gasteiger partial charge in [0.15, 0.2) is 0 Å². The van der Waals surface area contributed by atoms with Gasteiger partial charge in [0.25, 0.3) is 0 Å². The zero-order chi connectivity index (χ0) is 7.40. The smallest absolute Gasteiger partial charge is 0.0590 e. The van der Waals surface area contributed by atoms with E-state index in [0.29, 0.717) is 0 Å². The van der Waals surface area contributed by atoms with Crippen molar-refractivity contribution in [1.29, 1.82) is 0 Å². The molecule has 0 bridgehead atoms. The molecule has 0 radical (unpaired) electrons. The lowest BCUT2D eigenvalue weighted by Gasteiger charge is -2.16. The first kappa shape index (κ1) is 8.02. The highest BCUT2D eigenvalue weighted by atomic mass is 16.3. The lowest BCUT2D eigenvalue weighted by molar-refractivity contribution is 0.0624. The zero-order valence-corrected chi connectivity index (χ0v) is 6.29. The fraction of sp³-hybridized carbons (Fsp3) is 1.00. The minimum Gasteiger partial charge on any atom is -0.396 e. The molecule has 0 aromatic carbocycles. The van der Waals surface area contributed by atoms with Crippen LogP contribution in [0.1, 0.15) is 32.1 Å². The van der Waals surface area contributed by atoms with Crippen molar-refractivity contribution in [3.8, 4) is 0 Å². The molecule has 1 aliphatic carbocycles. The Morgan fingerprint density at radius 1 is 1.10 bits per heavy atom. The number of aliphatic hydroxyl groups excluding tert-OH is 2. The molecule has 0 aromatic rings. The normalized spacial score (nSPS) is 35.4. The van der Waals surface area contributed by atoms with Crippen molar-refractivity contribution in [2.75, 3.05) is 6.61 Å². The van der Waals surface area contributed by atoms with Crippen molar-refractivity contribution in [1.82, 2.24) is 0 Å². The largest absolute Gasteiger partial charge is 0.396 e. The van der Waals surface area contributed by atoms with Crippen LogP contribution < -0.4 is 0 Å². The van der Waals surface area contributed by atoms with Crippen LogP contribution in [0.2, 0.25) is 0 Å². The average molecular weight is 144 g/mol. The van der Waals surface area contributed by atoms with Gasteiger partial charge in [-0.2, -0.15) is 0 Å². The summed E-state index contributed by atoms with van der Waals surface area (Å²) in [4.78, 5) is 0. The Labute approximate surface area is 61.9 Å². The third kappa shape index (κ3) is 1.96. The molecule has 0 saturated heterocycles. The first-order valence-electron chi connectivity index (χ1n) is 4.13. The molecule has 2 heteroatoms. The summed E-state index contributed by atoms with van der Waals surface area (Å²) in [5.74, 6) is 0.155. The summed E-state index contributed by atoms with van der Waals surface area (Å²) in [6.07, 6.45) is 5.14. The van der Waals surface area contributed by atoms with Crippen molar-refractivity contribution >= 4 is 0 Å². The molecule has 0 aromatic heterocycles. The van der Waals surface area contributed by atoms with Crippen LogP contribution in [-0.2, 0) is 0 Å². The summed E-state index contributed by atoms with van der Waals surface area (Å²) in [7, 11) is 0. The van der Waals surface area contributed by atoms with Gasteiger partial charge in [-0.15, -0.1) is 0 Å². The molecule has 1 saturated carbocycles. The highest BCUT2D eigenvalue weighted by molar-refractivity contribution is 4.71. The second-order valence-electron chi connectivity index (χ2n) is 3.15. The fourth-order valence-electron chi connectivity index (χ4n) is 1.58. The van der Waals surface area contributed by atoms with Gasteiger partial charge in [-0.25, -0.2) is 0 Å². The van der Waals surface area contributed by atoms with Crippen molar-refractivity contribution < 1.29 is 10.2 Å².